The van der Waals surface area contributed by atoms with E-state index < -0.39 is 6.10 Å². The average molecular weight is 286 g/mol. The zero-order valence-electron chi connectivity index (χ0n) is 10.9. The van der Waals surface area contributed by atoms with Crippen molar-refractivity contribution < 1.29 is 14.3 Å². The Bertz CT molecular complexity index is 628. The molecule has 0 amide bonds. The minimum Gasteiger partial charge on any atom is -0.371 e. The van der Waals surface area contributed by atoms with Crippen molar-refractivity contribution in [1.82, 2.24) is 0 Å². The Hall–Kier alpha value is -1.36. The zero-order valence-corrected chi connectivity index (χ0v) is 11.7. The molecular formula is C16H14O3S. The molecule has 4 rings (SSSR count). The van der Waals surface area contributed by atoms with Crippen LogP contribution in [0.15, 0.2) is 51.8 Å². The molecule has 2 atom stereocenters. The smallest absolute Gasteiger partial charge is 0.192 e. The van der Waals surface area contributed by atoms with Crippen LogP contribution in [0.5, 0.6) is 0 Å². The van der Waals surface area contributed by atoms with Gasteiger partial charge in [-0.25, -0.2) is 0 Å². The molecule has 1 saturated heterocycles. The predicted molar refractivity (Wildman–Crippen MR) is 76.7 cm³/mol. The van der Waals surface area contributed by atoms with E-state index in [1.165, 1.54) is 10.5 Å². The molecule has 2 aliphatic heterocycles. The van der Waals surface area contributed by atoms with E-state index in [2.05, 4.69) is 12.1 Å². The fourth-order valence-corrected chi connectivity index (χ4v) is 3.59. The molecule has 2 heterocycles. The number of Topliss-reactive ketones (excluding diaryl/α,β-unsaturated/α-hetero) is 1. The lowest BCUT2D eigenvalue weighted by molar-refractivity contribution is -0.124. The molecule has 3 nitrogen and oxygen atoms in total. The molecule has 2 unspecified atom stereocenters. The van der Waals surface area contributed by atoms with Crippen LogP contribution in [0.2, 0.25) is 0 Å². The highest BCUT2D eigenvalue weighted by Gasteiger charge is 2.32. The number of fused-ring (bicyclic) bond motifs is 1. The topological polar surface area (TPSA) is 38.8 Å². The highest BCUT2D eigenvalue weighted by molar-refractivity contribution is 8.03. The number of hydrogen-bond donors (Lipinski definition) is 0. The third-order valence-corrected chi connectivity index (χ3v) is 4.92. The predicted octanol–water partition coefficient (Wildman–Crippen LogP) is 2.51. The van der Waals surface area contributed by atoms with Crippen LogP contribution in [-0.2, 0) is 20.7 Å². The van der Waals surface area contributed by atoms with Gasteiger partial charge in [-0.1, -0.05) is 30.0 Å². The molecule has 102 valence electrons. The number of benzene rings is 1. The lowest BCUT2D eigenvalue weighted by Crippen LogP contribution is -2.29. The number of rotatable bonds is 3. The zero-order chi connectivity index (χ0) is 13.5. The lowest BCUT2D eigenvalue weighted by Gasteiger charge is -2.25. The van der Waals surface area contributed by atoms with Crippen LogP contribution in [0.25, 0.3) is 0 Å². The molecule has 20 heavy (non-hydrogen) atoms. The van der Waals surface area contributed by atoms with Gasteiger partial charge in [0.25, 0.3) is 0 Å². The summed E-state index contributed by atoms with van der Waals surface area (Å²) >= 11 is 1.68. The van der Waals surface area contributed by atoms with Crippen LogP contribution in [0.1, 0.15) is 5.56 Å². The van der Waals surface area contributed by atoms with Crippen molar-refractivity contribution in [3.05, 3.63) is 52.5 Å². The van der Waals surface area contributed by atoms with Crippen LogP contribution in [-0.4, -0.2) is 31.2 Å². The van der Waals surface area contributed by atoms with Crippen molar-refractivity contribution in [2.24, 2.45) is 0 Å². The molecule has 0 saturated carbocycles. The van der Waals surface area contributed by atoms with Crippen LogP contribution < -0.4 is 0 Å². The van der Waals surface area contributed by atoms with Gasteiger partial charge in [0.2, 0.25) is 0 Å². The van der Waals surface area contributed by atoms with Gasteiger partial charge in [0.05, 0.1) is 13.2 Å². The molecule has 1 aliphatic carbocycles. The average Bonchev–Trinajstić information content (AvgIpc) is 3.29. The van der Waals surface area contributed by atoms with Crippen molar-refractivity contribution in [3.8, 4) is 0 Å². The molecule has 0 radical (unpaired) electrons. The first-order chi connectivity index (χ1) is 9.81. The van der Waals surface area contributed by atoms with Crippen LogP contribution in [0, 0.1) is 0 Å². The maximum Gasteiger partial charge on any atom is 0.192 e. The summed E-state index contributed by atoms with van der Waals surface area (Å²) in [6.45, 7) is 1.26. The summed E-state index contributed by atoms with van der Waals surface area (Å²) in [6, 6.07) is 8.25. The summed E-state index contributed by atoms with van der Waals surface area (Å²) < 4.78 is 10.8. The first-order valence-electron chi connectivity index (χ1n) is 6.76. The fraction of sp³-hybridized carbons (Fsp3) is 0.312. The van der Waals surface area contributed by atoms with Crippen molar-refractivity contribution in [1.29, 1.82) is 0 Å². The van der Waals surface area contributed by atoms with Crippen molar-refractivity contribution in [3.63, 3.8) is 0 Å². The first-order valence-corrected chi connectivity index (χ1v) is 7.57. The van der Waals surface area contributed by atoms with E-state index >= 15 is 0 Å². The number of ether oxygens (including phenoxy) is 2. The molecule has 1 aromatic rings. The number of hydrogen-bond acceptors (Lipinski definition) is 4. The van der Waals surface area contributed by atoms with Gasteiger partial charge in [0.15, 0.2) is 5.78 Å². The van der Waals surface area contributed by atoms with E-state index in [0.717, 1.165) is 17.1 Å². The summed E-state index contributed by atoms with van der Waals surface area (Å²) in [7, 11) is 0. The molecule has 0 spiro atoms. The van der Waals surface area contributed by atoms with Gasteiger partial charge >= 0.3 is 0 Å². The standard InChI is InChI=1S/C16H14O3S/c17-16-12-7-10-3-1-2-4-14(10)20-15(12)6-5-13(16)19-9-11-8-18-11/h1-6,11,13H,7-9H2. The van der Waals surface area contributed by atoms with Crippen LogP contribution in [0.4, 0.5) is 0 Å². The number of epoxide rings is 1. The van der Waals surface area contributed by atoms with Gasteiger partial charge in [-0.05, 0) is 23.8 Å². The maximum atomic E-state index is 12.5. The number of thioether (sulfide) groups is 1. The van der Waals surface area contributed by atoms with E-state index in [0.29, 0.717) is 13.0 Å². The number of carbonyl (C=O) groups excluding carboxylic acids is 1. The van der Waals surface area contributed by atoms with E-state index in [1.54, 1.807) is 11.8 Å². The summed E-state index contributed by atoms with van der Waals surface area (Å²) in [6.07, 6.45) is 4.35. The highest BCUT2D eigenvalue weighted by atomic mass is 32.2. The Balaban J connectivity index is 1.55. The minimum absolute atomic E-state index is 0.102. The normalized spacial score (nSPS) is 27.3. The van der Waals surface area contributed by atoms with Crippen LogP contribution in [0.3, 0.4) is 0 Å². The van der Waals surface area contributed by atoms with E-state index in [4.69, 9.17) is 9.47 Å². The van der Waals surface area contributed by atoms with Gasteiger partial charge in [0.1, 0.15) is 12.2 Å². The van der Waals surface area contributed by atoms with Gasteiger partial charge in [-0.3, -0.25) is 4.79 Å². The Labute approximate surface area is 121 Å². The summed E-state index contributed by atoms with van der Waals surface area (Å²) in [5, 5.41) is 0. The van der Waals surface area contributed by atoms with E-state index in [-0.39, 0.29) is 11.9 Å². The Morgan fingerprint density at radius 3 is 3.05 bits per heavy atom. The summed E-state index contributed by atoms with van der Waals surface area (Å²) in [4.78, 5) is 14.8. The molecule has 0 aromatic heterocycles. The second-order valence-corrected chi connectivity index (χ2v) is 6.25. The summed E-state index contributed by atoms with van der Waals surface area (Å²) in [5.74, 6) is 0.102. The lowest BCUT2D eigenvalue weighted by atomic mass is 9.94. The SMILES string of the molecule is O=C1C2=C(C=CC1OCC1CO1)Sc1ccccc1C2. The van der Waals surface area contributed by atoms with Gasteiger partial charge in [-0.15, -0.1) is 0 Å². The molecular weight excluding hydrogens is 272 g/mol. The third kappa shape index (κ3) is 2.24. The van der Waals surface area contributed by atoms with Crippen molar-refractivity contribution in [2.45, 2.75) is 23.5 Å². The number of ketones is 1. The number of carbonyl (C=O) groups is 1. The molecule has 0 bridgehead atoms. The van der Waals surface area contributed by atoms with E-state index in [1.807, 2.05) is 24.3 Å². The van der Waals surface area contributed by atoms with Crippen molar-refractivity contribution >= 4 is 17.5 Å². The molecule has 3 aliphatic rings. The Morgan fingerprint density at radius 2 is 2.20 bits per heavy atom. The molecule has 0 N–H and O–H groups in total. The Kier molecular flexibility index (Phi) is 3.02. The van der Waals surface area contributed by atoms with Crippen molar-refractivity contribution in [2.75, 3.05) is 13.2 Å². The first kappa shape index (κ1) is 12.4. The largest absolute Gasteiger partial charge is 0.371 e. The second kappa shape index (κ2) is 4.88. The quantitative estimate of drug-likeness (QED) is 0.800. The molecule has 4 heteroatoms. The summed E-state index contributed by atoms with van der Waals surface area (Å²) in [5.41, 5.74) is 2.11. The highest BCUT2D eigenvalue weighted by Crippen LogP contribution is 2.41. The fourth-order valence-electron chi connectivity index (χ4n) is 2.49. The Morgan fingerprint density at radius 1 is 1.35 bits per heavy atom. The van der Waals surface area contributed by atoms with Gasteiger partial charge in [-0.2, -0.15) is 0 Å². The molecule has 1 fully saturated rings. The minimum atomic E-state index is -0.441. The second-order valence-electron chi connectivity index (χ2n) is 5.16. The third-order valence-electron chi connectivity index (χ3n) is 3.70. The monoisotopic (exact) mass is 286 g/mol. The van der Waals surface area contributed by atoms with Crippen LogP contribution >= 0.6 is 11.8 Å². The number of allylic oxidation sites excluding steroid dienone is 1. The van der Waals surface area contributed by atoms with Gasteiger partial charge in [0, 0.05) is 21.8 Å². The van der Waals surface area contributed by atoms with E-state index in [9.17, 15) is 4.79 Å². The molecule has 1 aromatic carbocycles. The maximum absolute atomic E-state index is 12.5. The van der Waals surface area contributed by atoms with Gasteiger partial charge < -0.3 is 9.47 Å².